The van der Waals surface area contributed by atoms with Crippen LogP contribution in [0, 0.1) is 78.1 Å². The maximum absolute atomic E-state index is 2.08. The van der Waals surface area contributed by atoms with Crippen LogP contribution >= 0.6 is 0 Å². The molecule has 10 radical (unpaired) electrons. The Morgan fingerprint density at radius 1 is 0.600 bits per heavy atom. The zero-order valence-corrected chi connectivity index (χ0v) is 12.6. The fourth-order valence-electron chi connectivity index (χ4n) is 0.940. The van der Waals surface area contributed by atoms with E-state index < -0.39 is 0 Å². The molecule has 15 heavy (non-hydrogen) atoms. The van der Waals surface area contributed by atoms with Crippen LogP contribution in [0.4, 0.5) is 0 Å². The van der Waals surface area contributed by atoms with E-state index in [1.807, 2.05) is 25.7 Å². The van der Waals surface area contributed by atoms with Crippen molar-refractivity contribution in [2.75, 3.05) is 0 Å². The van der Waals surface area contributed by atoms with Gasteiger partial charge in [0.05, 0.1) is 0 Å². The van der Waals surface area contributed by atoms with E-state index >= 15 is 0 Å². The van der Waals surface area contributed by atoms with Gasteiger partial charge in [0, 0.05) is 0 Å². The van der Waals surface area contributed by atoms with Gasteiger partial charge in [-0.05, 0) is 63.2 Å². The molecule has 1 heteroatoms. The minimum Gasteiger partial charge on any atom is -0.358 e. The van der Waals surface area contributed by atoms with Crippen molar-refractivity contribution >= 4 is 0 Å². The van der Waals surface area contributed by atoms with Gasteiger partial charge in [0.2, 0.25) is 0 Å². The molecule has 0 aromatic heterocycles. The third-order valence-electron chi connectivity index (χ3n) is 1.66. The van der Waals surface area contributed by atoms with E-state index in [-0.39, 0.29) is 41.1 Å². The normalized spacial score (nSPS) is 20.4. The molecule has 0 saturated heterocycles. The third-order valence-corrected chi connectivity index (χ3v) is 1.66. The summed E-state index contributed by atoms with van der Waals surface area (Å²) in [6.45, 7) is 4.17. The third kappa shape index (κ3) is 11.2. The van der Waals surface area contributed by atoms with Crippen molar-refractivity contribution in [3.63, 3.8) is 0 Å². The van der Waals surface area contributed by atoms with Gasteiger partial charge in [-0.25, -0.2) is 0 Å². The number of hydrogen-bond donors (Lipinski definition) is 0. The van der Waals surface area contributed by atoms with Crippen LogP contribution in [0.5, 0.6) is 0 Å². The van der Waals surface area contributed by atoms with E-state index in [2.05, 4.69) is 39.5 Å². The SMILES string of the molecule is C[C]1[CH][CH][CH][CH]1.C[C]1[CH][CH][CH][CH]1.[CH3-].[CH3-].[Zr+4]. The van der Waals surface area contributed by atoms with Crippen LogP contribution in [0.25, 0.3) is 0 Å². The second kappa shape index (κ2) is 13.0. The van der Waals surface area contributed by atoms with Crippen LogP contribution in [0.15, 0.2) is 0 Å². The predicted molar refractivity (Wildman–Crippen MR) is 65.1 cm³/mol. The molecule has 0 bridgehead atoms. The van der Waals surface area contributed by atoms with E-state index in [0.29, 0.717) is 0 Å². The quantitative estimate of drug-likeness (QED) is 0.593. The molecule has 0 aromatic rings. The molecule has 0 aromatic carbocycles. The maximum atomic E-state index is 2.08. The molecule has 0 spiro atoms. The Morgan fingerprint density at radius 3 is 0.867 bits per heavy atom. The van der Waals surface area contributed by atoms with Crippen molar-refractivity contribution in [1.29, 1.82) is 0 Å². The topological polar surface area (TPSA) is 0 Å². The van der Waals surface area contributed by atoms with E-state index in [0.717, 1.165) is 0 Å². The van der Waals surface area contributed by atoms with Crippen LogP contribution in [0.2, 0.25) is 0 Å². The van der Waals surface area contributed by atoms with Gasteiger partial charge in [-0.3, -0.25) is 0 Å². The Balaban J connectivity index is -0.000000160. The average Bonchev–Trinajstić information content (AvgIpc) is 2.63. The summed E-state index contributed by atoms with van der Waals surface area (Å²) in [6, 6.07) is 0. The van der Waals surface area contributed by atoms with Crippen molar-refractivity contribution in [3.05, 3.63) is 78.1 Å². The summed E-state index contributed by atoms with van der Waals surface area (Å²) in [5.74, 6) is 2.69. The molecule has 78 valence electrons. The largest absolute Gasteiger partial charge is 4.00 e. The van der Waals surface area contributed by atoms with Crippen molar-refractivity contribution in [2.24, 2.45) is 0 Å². The molecule has 0 atom stereocenters. The van der Waals surface area contributed by atoms with Gasteiger partial charge >= 0.3 is 26.2 Å². The van der Waals surface area contributed by atoms with Crippen molar-refractivity contribution < 1.29 is 26.2 Å². The summed E-state index contributed by atoms with van der Waals surface area (Å²) in [4.78, 5) is 0. The first-order chi connectivity index (χ1) is 5.79. The molecule has 2 aliphatic rings. The minimum atomic E-state index is 0. The molecule has 2 saturated carbocycles. The van der Waals surface area contributed by atoms with Crippen LogP contribution < -0.4 is 0 Å². The molecule has 0 nitrogen and oxygen atoms in total. The second-order valence-electron chi connectivity index (χ2n) is 2.92. The van der Waals surface area contributed by atoms with Gasteiger partial charge in [0.15, 0.2) is 0 Å². The molecular weight excluding hydrogens is 259 g/mol. The van der Waals surface area contributed by atoms with E-state index in [4.69, 9.17) is 0 Å². The average molecular weight is 280 g/mol. The van der Waals surface area contributed by atoms with Gasteiger partial charge in [-0.2, -0.15) is 0 Å². The molecular formula is C14H20Zr+2. The Hall–Kier alpha value is 0.883. The number of rotatable bonds is 0. The molecule has 2 fully saturated rings. The van der Waals surface area contributed by atoms with Crippen molar-refractivity contribution in [2.45, 2.75) is 13.8 Å². The Labute approximate surface area is 118 Å². The van der Waals surface area contributed by atoms with Gasteiger partial charge in [-0.1, -0.05) is 13.8 Å². The molecule has 0 N–H and O–H groups in total. The zero-order valence-electron chi connectivity index (χ0n) is 10.1. The van der Waals surface area contributed by atoms with E-state index in [1.165, 1.54) is 11.8 Å². The molecule has 0 heterocycles. The van der Waals surface area contributed by atoms with E-state index in [1.54, 1.807) is 0 Å². The van der Waals surface area contributed by atoms with Crippen molar-refractivity contribution in [1.82, 2.24) is 0 Å². The van der Waals surface area contributed by atoms with Crippen LogP contribution in [-0.4, -0.2) is 0 Å². The monoisotopic (exact) mass is 278 g/mol. The zero-order chi connectivity index (χ0) is 8.81. The van der Waals surface area contributed by atoms with Crippen LogP contribution in [-0.2, 0) is 26.2 Å². The summed E-state index contributed by atoms with van der Waals surface area (Å²) >= 11 is 0. The van der Waals surface area contributed by atoms with Crippen molar-refractivity contribution in [3.8, 4) is 0 Å². The Kier molecular flexibility index (Phi) is 18.3. The smallest absolute Gasteiger partial charge is 0.358 e. The standard InChI is InChI=1S/2C6H7.2CH3.Zr/c2*1-6-4-2-3-5-6;;;/h2*2-5H,1H3;2*1H3;/q;;2*-1;+4. The minimum absolute atomic E-state index is 0. The summed E-state index contributed by atoms with van der Waals surface area (Å²) in [5, 5.41) is 0. The summed E-state index contributed by atoms with van der Waals surface area (Å²) < 4.78 is 0. The van der Waals surface area contributed by atoms with Gasteiger partial charge < -0.3 is 14.9 Å². The van der Waals surface area contributed by atoms with E-state index in [9.17, 15) is 0 Å². The second-order valence-corrected chi connectivity index (χ2v) is 2.92. The Morgan fingerprint density at radius 2 is 0.800 bits per heavy atom. The number of hydrogen-bond acceptors (Lipinski definition) is 0. The van der Waals surface area contributed by atoms with Gasteiger partial charge in [-0.15, -0.1) is 0 Å². The fraction of sp³-hybridized carbons (Fsp3) is 0.143. The van der Waals surface area contributed by atoms with Crippen LogP contribution in [0.1, 0.15) is 13.8 Å². The molecule has 2 aliphatic carbocycles. The first-order valence-electron chi connectivity index (χ1n) is 4.15. The van der Waals surface area contributed by atoms with Crippen LogP contribution in [0.3, 0.4) is 0 Å². The predicted octanol–water partition coefficient (Wildman–Crippen LogP) is 3.72. The molecule has 0 aliphatic heterocycles. The molecule has 0 amide bonds. The molecule has 0 unspecified atom stereocenters. The summed E-state index contributed by atoms with van der Waals surface area (Å²) in [5.41, 5.74) is 0. The fourth-order valence-corrected chi connectivity index (χ4v) is 0.940. The summed E-state index contributed by atoms with van der Waals surface area (Å²) in [7, 11) is 0. The maximum Gasteiger partial charge on any atom is 4.00 e. The first-order valence-corrected chi connectivity index (χ1v) is 4.15. The first kappa shape index (κ1) is 21.2. The Bertz CT molecular complexity index is 85.9. The van der Waals surface area contributed by atoms with Gasteiger partial charge in [0.25, 0.3) is 0 Å². The van der Waals surface area contributed by atoms with Gasteiger partial charge in [0.1, 0.15) is 0 Å². The summed E-state index contributed by atoms with van der Waals surface area (Å²) in [6.07, 6.45) is 16.5. The molecule has 2 rings (SSSR count).